The quantitative estimate of drug-likeness (QED) is 0.581. The number of aromatic nitrogens is 2. The van der Waals surface area contributed by atoms with E-state index in [2.05, 4.69) is 25.1 Å². The normalized spacial score (nSPS) is 15.8. The van der Waals surface area contributed by atoms with Crippen molar-refractivity contribution in [2.24, 2.45) is 0 Å². The Hall–Kier alpha value is -3.17. The number of anilines is 1. The number of nitrogens with zero attached hydrogens (tertiary/aromatic N) is 3. The largest absolute Gasteiger partial charge is 0.416 e. The average Bonchev–Trinajstić information content (AvgIpc) is 3.15. The maximum atomic E-state index is 12.7. The summed E-state index contributed by atoms with van der Waals surface area (Å²) >= 11 is 0. The molecule has 1 aliphatic rings. The van der Waals surface area contributed by atoms with Gasteiger partial charge in [-0.05, 0) is 43.8 Å². The summed E-state index contributed by atoms with van der Waals surface area (Å²) in [6.45, 7) is 4.21. The molecule has 9 heteroatoms. The van der Waals surface area contributed by atoms with Gasteiger partial charge in [0.15, 0.2) is 0 Å². The maximum absolute atomic E-state index is 12.7. The zero-order valence-corrected chi connectivity index (χ0v) is 18.1. The number of H-pyrrole nitrogens is 1. The molecule has 0 radical (unpaired) electrons. The summed E-state index contributed by atoms with van der Waals surface area (Å²) < 4.78 is 38.0. The molecule has 4 rings (SSSR count). The second-order valence-corrected chi connectivity index (χ2v) is 8.15. The molecule has 1 aliphatic heterocycles. The van der Waals surface area contributed by atoms with E-state index in [1.54, 1.807) is 0 Å². The molecule has 0 atom stereocenters. The monoisotopic (exact) mass is 457 g/mol. The molecule has 2 N–H and O–H groups in total. The third-order valence-electron chi connectivity index (χ3n) is 5.61. The predicted octanol–water partition coefficient (Wildman–Crippen LogP) is 4.24. The lowest BCUT2D eigenvalue weighted by atomic mass is 10.2. The van der Waals surface area contributed by atoms with Gasteiger partial charge in [0, 0.05) is 42.8 Å². The molecule has 1 amide bonds. The summed E-state index contributed by atoms with van der Waals surface area (Å²) in [5, 5.41) is 2.68. The van der Waals surface area contributed by atoms with Crippen LogP contribution in [0.5, 0.6) is 0 Å². The number of benzene rings is 2. The van der Waals surface area contributed by atoms with Crippen molar-refractivity contribution in [3.63, 3.8) is 0 Å². The highest BCUT2D eigenvalue weighted by Crippen LogP contribution is 2.29. The molecular formula is C24H26F3N5O. The fraction of sp³-hybridized carbons (Fsp3) is 0.333. The Kier molecular flexibility index (Phi) is 7.10. The van der Waals surface area contributed by atoms with E-state index in [9.17, 15) is 18.0 Å². The number of carbonyl (C=O) groups excluding carboxylic acids is 1. The highest BCUT2D eigenvalue weighted by molar-refractivity contribution is 5.92. The number of rotatable bonds is 6. The number of aromatic amines is 1. The van der Waals surface area contributed by atoms with Crippen molar-refractivity contribution in [1.29, 1.82) is 0 Å². The minimum absolute atomic E-state index is 0.205. The number of hydrogen-bond donors (Lipinski definition) is 2. The zero-order valence-electron chi connectivity index (χ0n) is 18.1. The predicted molar refractivity (Wildman–Crippen MR) is 120 cm³/mol. The first-order valence-electron chi connectivity index (χ1n) is 10.9. The molecule has 6 nitrogen and oxygen atoms in total. The zero-order chi connectivity index (χ0) is 23.3. The smallest absolute Gasteiger partial charge is 0.341 e. The SMILES string of the molecule is O=C(CN1CCCN(Cc2cnc(-c3ccccc3)[nH]2)CC1)Nc1ccc(C(F)(F)F)cc1. The van der Waals surface area contributed by atoms with E-state index in [4.69, 9.17) is 0 Å². The van der Waals surface area contributed by atoms with Gasteiger partial charge in [-0.25, -0.2) is 4.98 Å². The van der Waals surface area contributed by atoms with Gasteiger partial charge in [-0.2, -0.15) is 13.2 Å². The summed E-state index contributed by atoms with van der Waals surface area (Å²) in [4.78, 5) is 24.6. The van der Waals surface area contributed by atoms with Crippen molar-refractivity contribution < 1.29 is 18.0 Å². The first-order chi connectivity index (χ1) is 15.9. The fourth-order valence-corrected chi connectivity index (χ4v) is 3.91. The number of alkyl halides is 3. The number of carbonyl (C=O) groups is 1. The molecule has 1 saturated heterocycles. The summed E-state index contributed by atoms with van der Waals surface area (Å²) in [5.41, 5.74) is 1.71. The van der Waals surface area contributed by atoms with Crippen LogP contribution in [0.15, 0.2) is 60.8 Å². The third kappa shape index (κ3) is 6.43. The highest BCUT2D eigenvalue weighted by atomic mass is 19.4. The minimum atomic E-state index is -4.39. The van der Waals surface area contributed by atoms with Crippen molar-refractivity contribution in [3.8, 4) is 11.4 Å². The van der Waals surface area contributed by atoms with Gasteiger partial charge in [0.05, 0.1) is 12.1 Å². The number of hydrogen-bond acceptors (Lipinski definition) is 4. The molecular weight excluding hydrogens is 431 g/mol. The van der Waals surface area contributed by atoms with E-state index < -0.39 is 11.7 Å². The van der Waals surface area contributed by atoms with Crippen molar-refractivity contribution in [2.75, 3.05) is 38.0 Å². The van der Waals surface area contributed by atoms with Crippen molar-refractivity contribution >= 4 is 11.6 Å². The first kappa shape index (κ1) is 23.0. The maximum Gasteiger partial charge on any atom is 0.416 e. The van der Waals surface area contributed by atoms with E-state index in [0.29, 0.717) is 5.69 Å². The Balaban J connectivity index is 1.25. The standard InChI is InChI=1S/C24H26F3N5O/c25-24(26,27)19-7-9-20(10-8-19)29-22(33)17-32-12-4-11-31(13-14-32)16-21-15-28-23(30-21)18-5-2-1-3-6-18/h1-3,5-10,15H,4,11-14,16-17H2,(H,28,30)(H,29,33). The molecule has 1 fully saturated rings. The molecule has 174 valence electrons. The van der Waals surface area contributed by atoms with Crippen LogP contribution >= 0.6 is 0 Å². The van der Waals surface area contributed by atoms with Crippen LogP contribution in [0.4, 0.5) is 18.9 Å². The molecule has 33 heavy (non-hydrogen) atoms. The van der Waals surface area contributed by atoms with E-state index in [1.165, 1.54) is 12.1 Å². The van der Waals surface area contributed by atoms with Gasteiger partial charge in [-0.15, -0.1) is 0 Å². The van der Waals surface area contributed by atoms with Crippen LogP contribution < -0.4 is 5.32 Å². The van der Waals surface area contributed by atoms with Gasteiger partial charge in [0.1, 0.15) is 5.82 Å². The van der Waals surface area contributed by atoms with Crippen LogP contribution in [0.2, 0.25) is 0 Å². The molecule has 0 spiro atoms. The van der Waals surface area contributed by atoms with Crippen molar-refractivity contribution in [3.05, 3.63) is 72.1 Å². The molecule has 3 aromatic rings. The minimum Gasteiger partial charge on any atom is -0.341 e. The van der Waals surface area contributed by atoms with Gasteiger partial charge in [0.25, 0.3) is 0 Å². The van der Waals surface area contributed by atoms with Crippen LogP contribution in [-0.2, 0) is 17.5 Å². The third-order valence-corrected chi connectivity index (χ3v) is 5.61. The van der Waals surface area contributed by atoms with Gasteiger partial charge >= 0.3 is 6.18 Å². The van der Waals surface area contributed by atoms with E-state index in [0.717, 1.165) is 68.4 Å². The average molecular weight is 458 g/mol. The van der Waals surface area contributed by atoms with Crippen molar-refractivity contribution in [2.45, 2.75) is 19.1 Å². The summed E-state index contributed by atoms with van der Waals surface area (Å²) in [6, 6.07) is 14.5. The summed E-state index contributed by atoms with van der Waals surface area (Å²) in [6.07, 6.45) is -1.60. The van der Waals surface area contributed by atoms with Crippen LogP contribution in [0.25, 0.3) is 11.4 Å². The molecule has 2 heterocycles. The Labute approximate surface area is 190 Å². The Bertz CT molecular complexity index is 1050. The fourth-order valence-electron chi connectivity index (χ4n) is 3.91. The van der Waals surface area contributed by atoms with Gasteiger partial charge < -0.3 is 10.3 Å². The molecule has 0 bridgehead atoms. The van der Waals surface area contributed by atoms with E-state index in [-0.39, 0.29) is 12.5 Å². The van der Waals surface area contributed by atoms with Crippen LogP contribution in [-0.4, -0.2) is 58.4 Å². The number of imidazole rings is 1. The first-order valence-corrected chi connectivity index (χ1v) is 10.9. The number of halogens is 3. The van der Waals surface area contributed by atoms with Gasteiger partial charge in [-0.3, -0.25) is 14.6 Å². The summed E-state index contributed by atoms with van der Waals surface area (Å²) in [5.74, 6) is 0.617. The molecule has 2 aromatic carbocycles. The lowest BCUT2D eigenvalue weighted by Crippen LogP contribution is -2.36. The summed E-state index contributed by atoms with van der Waals surface area (Å²) in [7, 11) is 0. The Morgan fingerprint density at radius 3 is 2.39 bits per heavy atom. The van der Waals surface area contributed by atoms with Gasteiger partial charge in [0.2, 0.25) is 5.91 Å². The van der Waals surface area contributed by atoms with E-state index in [1.807, 2.05) is 36.5 Å². The lowest BCUT2D eigenvalue weighted by Gasteiger charge is -2.21. The van der Waals surface area contributed by atoms with Crippen molar-refractivity contribution in [1.82, 2.24) is 19.8 Å². The lowest BCUT2D eigenvalue weighted by molar-refractivity contribution is -0.137. The topological polar surface area (TPSA) is 64.3 Å². The highest BCUT2D eigenvalue weighted by Gasteiger charge is 2.30. The second kappa shape index (κ2) is 10.2. The second-order valence-electron chi connectivity index (χ2n) is 8.15. The Morgan fingerprint density at radius 2 is 1.67 bits per heavy atom. The van der Waals surface area contributed by atoms with Crippen LogP contribution in [0.3, 0.4) is 0 Å². The number of amides is 1. The number of nitrogens with one attached hydrogen (secondary N) is 2. The molecule has 0 aliphatic carbocycles. The Morgan fingerprint density at radius 1 is 0.970 bits per heavy atom. The van der Waals surface area contributed by atoms with Crippen LogP contribution in [0, 0.1) is 0 Å². The van der Waals surface area contributed by atoms with E-state index >= 15 is 0 Å². The molecule has 0 unspecified atom stereocenters. The molecule has 1 aromatic heterocycles. The van der Waals surface area contributed by atoms with Crippen LogP contribution in [0.1, 0.15) is 17.7 Å². The van der Waals surface area contributed by atoms with Gasteiger partial charge in [-0.1, -0.05) is 30.3 Å². The molecule has 0 saturated carbocycles.